The van der Waals surface area contributed by atoms with Crippen molar-refractivity contribution in [1.29, 1.82) is 0 Å². The van der Waals surface area contributed by atoms with Gasteiger partial charge in [-0.25, -0.2) is 17.9 Å². The van der Waals surface area contributed by atoms with Crippen LogP contribution in [0.5, 0.6) is 0 Å². The maximum Gasteiger partial charge on any atom is 0.326 e. The molecule has 0 spiro atoms. The van der Waals surface area contributed by atoms with Crippen LogP contribution in [0.4, 0.5) is 0 Å². The fraction of sp³-hybridized carbons (Fsp3) is 0.556. The van der Waals surface area contributed by atoms with E-state index in [1.807, 2.05) is 20.8 Å². The highest BCUT2D eigenvalue weighted by atomic mass is 32.2. The second-order valence-electron chi connectivity index (χ2n) is 7.77. The molecule has 1 aromatic rings. The molecule has 0 aliphatic heterocycles. The maximum atomic E-state index is 12.4. The van der Waals surface area contributed by atoms with Gasteiger partial charge in [-0.3, -0.25) is 4.79 Å². The summed E-state index contributed by atoms with van der Waals surface area (Å²) in [6.45, 7) is 9.36. The first-order valence-electron chi connectivity index (χ1n) is 8.48. The van der Waals surface area contributed by atoms with Gasteiger partial charge in [0.1, 0.15) is 6.04 Å². The van der Waals surface area contributed by atoms with Crippen molar-refractivity contribution in [1.82, 2.24) is 10.0 Å². The van der Waals surface area contributed by atoms with Crippen LogP contribution >= 0.6 is 0 Å². The molecule has 1 amide bonds. The molecule has 146 valence electrons. The van der Waals surface area contributed by atoms with Gasteiger partial charge in [-0.2, -0.15) is 0 Å². The van der Waals surface area contributed by atoms with E-state index in [0.717, 1.165) is 0 Å². The zero-order chi connectivity index (χ0) is 20.1. The first-order valence-corrected chi connectivity index (χ1v) is 9.96. The second-order valence-corrected chi connectivity index (χ2v) is 9.48. The van der Waals surface area contributed by atoms with E-state index in [0.29, 0.717) is 6.42 Å². The fourth-order valence-corrected chi connectivity index (χ4v) is 3.56. The average molecular weight is 384 g/mol. The van der Waals surface area contributed by atoms with Crippen LogP contribution in [0.2, 0.25) is 0 Å². The molecule has 0 radical (unpaired) electrons. The van der Waals surface area contributed by atoms with Crippen LogP contribution in [0, 0.1) is 5.41 Å². The minimum atomic E-state index is -3.74. The predicted molar refractivity (Wildman–Crippen MR) is 99.5 cm³/mol. The Morgan fingerprint density at radius 3 is 2.31 bits per heavy atom. The number of sulfonamides is 1. The van der Waals surface area contributed by atoms with Crippen molar-refractivity contribution in [3.63, 3.8) is 0 Å². The molecular weight excluding hydrogens is 356 g/mol. The summed E-state index contributed by atoms with van der Waals surface area (Å²) in [4.78, 5) is 23.8. The zero-order valence-corrected chi connectivity index (χ0v) is 16.7. The summed E-state index contributed by atoms with van der Waals surface area (Å²) in [6, 6.07) is 4.21. The Hall–Kier alpha value is -1.93. The van der Waals surface area contributed by atoms with Crippen molar-refractivity contribution in [2.75, 3.05) is 0 Å². The van der Waals surface area contributed by atoms with E-state index in [4.69, 9.17) is 0 Å². The second kappa shape index (κ2) is 8.64. The van der Waals surface area contributed by atoms with Gasteiger partial charge in [0.05, 0.1) is 4.90 Å². The Balaban J connectivity index is 2.96. The van der Waals surface area contributed by atoms with Gasteiger partial charge in [0.2, 0.25) is 10.0 Å². The van der Waals surface area contributed by atoms with Gasteiger partial charge < -0.3 is 10.4 Å². The van der Waals surface area contributed by atoms with Crippen LogP contribution in [0.25, 0.3) is 0 Å². The SMILES string of the molecule is CC(C)NS(=O)(=O)c1cccc(C(=O)NC(CCC(C)(C)C)C(=O)O)c1. The summed E-state index contributed by atoms with van der Waals surface area (Å²) in [7, 11) is -3.74. The Kier molecular flexibility index (Phi) is 7.35. The number of amides is 1. The monoisotopic (exact) mass is 384 g/mol. The van der Waals surface area contributed by atoms with E-state index in [1.54, 1.807) is 13.8 Å². The molecule has 0 bridgehead atoms. The summed E-state index contributed by atoms with van der Waals surface area (Å²) in [5.41, 5.74) is 0.0354. The lowest BCUT2D eigenvalue weighted by Gasteiger charge is -2.21. The van der Waals surface area contributed by atoms with E-state index >= 15 is 0 Å². The minimum Gasteiger partial charge on any atom is -0.480 e. The summed E-state index contributed by atoms with van der Waals surface area (Å²) in [6.07, 6.45) is 0.911. The van der Waals surface area contributed by atoms with Crippen molar-refractivity contribution in [2.45, 2.75) is 64.4 Å². The van der Waals surface area contributed by atoms with Crippen LogP contribution in [0.15, 0.2) is 29.2 Å². The molecule has 7 nitrogen and oxygen atoms in total. The Labute approximate surface area is 155 Å². The van der Waals surface area contributed by atoms with E-state index in [2.05, 4.69) is 10.0 Å². The molecule has 0 aliphatic rings. The van der Waals surface area contributed by atoms with Gasteiger partial charge >= 0.3 is 5.97 Å². The number of benzene rings is 1. The molecule has 1 aromatic carbocycles. The number of carbonyl (C=O) groups is 2. The lowest BCUT2D eigenvalue weighted by Crippen LogP contribution is -2.41. The molecule has 0 heterocycles. The highest BCUT2D eigenvalue weighted by Crippen LogP contribution is 2.22. The van der Waals surface area contributed by atoms with Gasteiger partial charge in [-0.05, 0) is 50.3 Å². The van der Waals surface area contributed by atoms with E-state index in [1.165, 1.54) is 24.3 Å². The normalized spacial score (nSPS) is 13.5. The molecule has 0 saturated carbocycles. The van der Waals surface area contributed by atoms with Crippen LogP contribution in [-0.4, -0.2) is 37.5 Å². The molecule has 0 aliphatic carbocycles. The van der Waals surface area contributed by atoms with Crippen LogP contribution < -0.4 is 10.0 Å². The molecule has 0 aromatic heterocycles. The fourth-order valence-electron chi connectivity index (χ4n) is 2.26. The first kappa shape index (κ1) is 22.1. The summed E-state index contributed by atoms with van der Waals surface area (Å²) in [5, 5.41) is 11.8. The third-order valence-corrected chi connectivity index (χ3v) is 5.24. The van der Waals surface area contributed by atoms with Gasteiger partial charge in [-0.15, -0.1) is 0 Å². The number of carboxylic acid groups (broad SMARTS) is 1. The lowest BCUT2D eigenvalue weighted by molar-refractivity contribution is -0.139. The third-order valence-electron chi connectivity index (χ3n) is 3.58. The maximum absolute atomic E-state index is 12.4. The van der Waals surface area contributed by atoms with Crippen molar-refractivity contribution in [3.8, 4) is 0 Å². The van der Waals surface area contributed by atoms with Crippen LogP contribution in [0.1, 0.15) is 57.8 Å². The number of carbonyl (C=O) groups excluding carboxylic acids is 1. The molecule has 1 unspecified atom stereocenters. The van der Waals surface area contributed by atoms with Crippen molar-refractivity contribution in [2.24, 2.45) is 5.41 Å². The largest absolute Gasteiger partial charge is 0.480 e. The minimum absolute atomic E-state index is 0.0413. The average Bonchev–Trinajstić information content (AvgIpc) is 2.48. The Morgan fingerprint density at radius 2 is 1.81 bits per heavy atom. The molecule has 1 rings (SSSR count). The smallest absolute Gasteiger partial charge is 0.326 e. The number of hydrogen-bond acceptors (Lipinski definition) is 4. The van der Waals surface area contributed by atoms with Crippen LogP contribution in [-0.2, 0) is 14.8 Å². The topological polar surface area (TPSA) is 113 Å². The van der Waals surface area contributed by atoms with Gasteiger partial charge in [0, 0.05) is 11.6 Å². The number of nitrogens with one attached hydrogen (secondary N) is 2. The lowest BCUT2D eigenvalue weighted by atomic mass is 9.88. The molecular formula is C18H28N2O5S. The van der Waals surface area contributed by atoms with Gasteiger partial charge in [0.25, 0.3) is 5.91 Å². The third kappa shape index (κ3) is 7.13. The number of rotatable bonds is 8. The summed E-state index contributed by atoms with van der Waals surface area (Å²) >= 11 is 0. The first-order chi connectivity index (χ1) is 11.8. The number of carboxylic acids is 1. The quantitative estimate of drug-likeness (QED) is 0.637. The van der Waals surface area contributed by atoms with Crippen molar-refractivity contribution >= 4 is 21.9 Å². The Bertz CT molecular complexity index is 751. The van der Waals surface area contributed by atoms with E-state index in [-0.39, 0.29) is 28.3 Å². The Morgan fingerprint density at radius 1 is 1.19 bits per heavy atom. The highest BCUT2D eigenvalue weighted by Gasteiger charge is 2.24. The van der Waals surface area contributed by atoms with Crippen molar-refractivity contribution < 1.29 is 23.1 Å². The molecule has 0 saturated heterocycles. The molecule has 26 heavy (non-hydrogen) atoms. The van der Waals surface area contributed by atoms with Gasteiger partial charge in [-0.1, -0.05) is 26.8 Å². The number of aliphatic carboxylic acids is 1. The standard InChI is InChI=1S/C18H28N2O5S/c1-12(2)20-26(24,25)14-8-6-7-13(11-14)16(21)19-15(17(22)23)9-10-18(3,4)5/h6-8,11-12,15,20H,9-10H2,1-5H3,(H,19,21)(H,22,23). The van der Waals surface area contributed by atoms with Gasteiger partial charge in [0.15, 0.2) is 0 Å². The molecule has 3 N–H and O–H groups in total. The molecule has 8 heteroatoms. The zero-order valence-electron chi connectivity index (χ0n) is 15.9. The predicted octanol–water partition coefficient (Wildman–Crippen LogP) is 2.38. The van der Waals surface area contributed by atoms with Crippen molar-refractivity contribution in [3.05, 3.63) is 29.8 Å². The van der Waals surface area contributed by atoms with E-state index in [9.17, 15) is 23.1 Å². The molecule has 0 fully saturated rings. The van der Waals surface area contributed by atoms with E-state index < -0.39 is 27.9 Å². The number of hydrogen-bond donors (Lipinski definition) is 3. The highest BCUT2D eigenvalue weighted by molar-refractivity contribution is 7.89. The summed E-state index contributed by atoms with van der Waals surface area (Å²) in [5.74, 6) is -1.74. The summed E-state index contributed by atoms with van der Waals surface area (Å²) < 4.78 is 26.9. The van der Waals surface area contributed by atoms with Crippen LogP contribution in [0.3, 0.4) is 0 Å². The molecule has 1 atom stereocenters.